The summed E-state index contributed by atoms with van der Waals surface area (Å²) < 4.78 is 28.2. The number of carboxylic acid groups (broad SMARTS) is 1. The monoisotopic (exact) mass is 396 g/mol. The van der Waals surface area contributed by atoms with E-state index in [2.05, 4.69) is 4.72 Å². The maximum absolute atomic E-state index is 12.8. The van der Waals surface area contributed by atoms with E-state index in [-0.39, 0.29) is 30.3 Å². The van der Waals surface area contributed by atoms with Crippen LogP contribution in [0.3, 0.4) is 0 Å². The van der Waals surface area contributed by atoms with E-state index in [1.54, 1.807) is 13.8 Å². The molecule has 1 aromatic rings. The molecule has 8 heteroatoms. The molecule has 0 aromatic heterocycles. The fourth-order valence-electron chi connectivity index (χ4n) is 3.58. The number of hydrogen-bond donors (Lipinski definition) is 2. The van der Waals surface area contributed by atoms with Crippen LogP contribution >= 0.6 is 0 Å². The Hall–Kier alpha value is -1.93. The first-order valence-electron chi connectivity index (χ1n) is 9.04. The van der Waals surface area contributed by atoms with Gasteiger partial charge in [0.2, 0.25) is 15.9 Å². The fourth-order valence-corrected chi connectivity index (χ4v) is 5.21. The van der Waals surface area contributed by atoms with Crippen molar-refractivity contribution in [2.75, 3.05) is 19.6 Å². The number of carboxylic acids is 1. The molecule has 0 bridgehead atoms. The highest BCUT2D eigenvalue weighted by atomic mass is 32.2. The standard InChI is InChI=1S/C19H28N2O5S/c1-11-12(2)14(4)18(15(5)13(11)3)27(25,26)20-8-6-17(22)21-9-7-16(10-21)19(23)24/h16,20H,6-10H2,1-5H3,(H,23,24). The van der Waals surface area contributed by atoms with Gasteiger partial charge in [0.1, 0.15) is 0 Å². The molecule has 1 unspecified atom stereocenters. The van der Waals surface area contributed by atoms with Crippen LogP contribution in [0.2, 0.25) is 0 Å². The van der Waals surface area contributed by atoms with Crippen molar-refractivity contribution in [1.29, 1.82) is 0 Å². The predicted molar refractivity (Wildman–Crippen MR) is 102 cm³/mol. The predicted octanol–water partition coefficient (Wildman–Crippen LogP) is 1.83. The van der Waals surface area contributed by atoms with Gasteiger partial charge in [-0.15, -0.1) is 0 Å². The van der Waals surface area contributed by atoms with Gasteiger partial charge in [-0.25, -0.2) is 13.1 Å². The molecule has 1 atom stereocenters. The van der Waals surface area contributed by atoms with E-state index in [0.717, 1.165) is 27.8 Å². The summed E-state index contributed by atoms with van der Waals surface area (Å²) in [6.07, 6.45) is 0.445. The second-order valence-corrected chi connectivity index (χ2v) is 8.97. The zero-order valence-corrected chi connectivity index (χ0v) is 17.4. The summed E-state index contributed by atoms with van der Waals surface area (Å²) in [5.74, 6) is -1.66. The van der Waals surface area contributed by atoms with E-state index in [4.69, 9.17) is 5.11 Å². The van der Waals surface area contributed by atoms with E-state index >= 15 is 0 Å². The second kappa shape index (κ2) is 7.98. The molecule has 1 amide bonds. The molecule has 1 aliphatic rings. The summed E-state index contributed by atoms with van der Waals surface area (Å²) in [7, 11) is -3.74. The van der Waals surface area contributed by atoms with Gasteiger partial charge in [-0.2, -0.15) is 0 Å². The van der Waals surface area contributed by atoms with Crippen molar-refractivity contribution in [3.8, 4) is 0 Å². The number of benzene rings is 1. The van der Waals surface area contributed by atoms with E-state index in [1.165, 1.54) is 4.90 Å². The normalized spacial score (nSPS) is 17.4. The number of carbonyl (C=O) groups is 2. The third-order valence-electron chi connectivity index (χ3n) is 5.72. The Morgan fingerprint density at radius 1 is 1.04 bits per heavy atom. The van der Waals surface area contributed by atoms with Crippen molar-refractivity contribution in [3.63, 3.8) is 0 Å². The number of aliphatic carboxylic acids is 1. The van der Waals surface area contributed by atoms with Crippen LogP contribution in [0, 0.1) is 40.5 Å². The van der Waals surface area contributed by atoms with Crippen LogP contribution in [0.15, 0.2) is 4.90 Å². The van der Waals surface area contributed by atoms with E-state index in [9.17, 15) is 18.0 Å². The minimum absolute atomic E-state index is 0.00743. The summed E-state index contributed by atoms with van der Waals surface area (Å²) in [5, 5.41) is 9.01. The molecule has 7 nitrogen and oxygen atoms in total. The Balaban J connectivity index is 2.06. The van der Waals surface area contributed by atoms with Gasteiger partial charge < -0.3 is 10.0 Å². The Kier molecular flexibility index (Phi) is 6.32. The molecular formula is C19H28N2O5S. The van der Waals surface area contributed by atoms with Gasteiger partial charge in [0.15, 0.2) is 0 Å². The Bertz CT molecular complexity index is 848. The number of rotatable bonds is 6. The van der Waals surface area contributed by atoms with Gasteiger partial charge in [-0.05, 0) is 68.9 Å². The minimum atomic E-state index is -3.74. The number of sulfonamides is 1. The molecule has 1 saturated heterocycles. The van der Waals surface area contributed by atoms with Gasteiger partial charge in [-0.1, -0.05) is 0 Å². The van der Waals surface area contributed by atoms with Crippen molar-refractivity contribution in [1.82, 2.24) is 9.62 Å². The molecule has 0 aliphatic carbocycles. The summed E-state index contributed by atoms with van der Waals surface area (Å²) in [4.78, 5) is 25.0. The lowest BCUT2D eigenvalue weighted by Gasteiger charge is -2.19. The summed E-state index contributed by atoms with van der Waals surface area (Å²) in [5.41, 5.74) is 4.43. The molecule has 1 aliphatic heterocycles. The van der Waals surface area contributed by atoms with Crippen LogP contribution in [0.5, 0.6) is 0 Å². The molecule has 0 radical (unpaired) electrons. The molecule has 1 aromatic carbocycles. The molecule has 1 heterocycles. The summed E-state index contributed by atoms with van der Waals surface area (Å²) in [6.45, 7) is 9.97. The van der Waals surface area contributed by atoms with Crippen molar-refractivity contribution in [2.45, 2.75) is 52.4 Å². The highest BCUT2D eigenvalue weighted by Gasteiger charge is 2.31. The van der Waals surface area contributed by atoms with Crippen molar-refractivity contribution < 1.29 is 23.1 Å². The van der Waals surface area contributed by atoms with Gasteiger partial charge in [0.05, 0.1) is 10.8 Å². The zero-order chi connectivity index (χ0) is 20.5. The third kappa shape index (κ3) is 4.32. The van der Waals surface area contributed by atoms with Crippen LogP contribution in [-0.2, 0) is 19.6 Å². The summed E-state index contributed by atoms with van der Waals surface area (Å²) in [6, 6.07) is 0. The SMILES string of the molecule is Cc1c(C)c(C)c(S(=O)(=O)NCCC(=O)N2CCC(C(=O)O)C2)c(C)c1C. The average Bonchev–Trinajstić information content (AvgIpc) is 3.08. The molecule has 1 fully saturated rings. The van der Waals surface area contributed by atoms with Crippen molar-refractivity contribution in [3.05, 3.63) is 27.8 Å². The number of amides is 1. The largest absolute Gasteiger partial charge is 0.481 e. The quantitative estimate of drug-likeness (QED) is 0.763. The minimum Gasteiger partial charge on any atom is -0.481 e. The number of nitrogens with one attached hydrogen (secondary N) is 1. The third-order valence-corrected chi connectivity index (χ3v) is 7.46. The lowest BCUT2D eigenvalue weighted by molar-refractivity contribution is -0.141. The van der Waals surface area contributed by atoms with Crippen LogP contribution in [0.25, 0.3) is 0 Å². The maximum Gasteiger partial charge on any atom is 0.308 e. The van der Waals surface area contributed by atoms with Gasteiger partial charge in [0.25, 0.3) is 0 Å². The Morgan fingerprint density at radius 3 is 2.04 bits per heavy atom. The lowest BCUT2D eigenvalue weighted by Crippen LogP contribution is -2.34. The molecule has 150 valence electrons. The fraction of sp³-hybridized carbons (Fsp3) is 0.579. The number of likely N-dealkylation sites (tertiary alicyclic amines) is 1. The van der Waals surface area contributed by atoms with Crippen molar-refractivity contribution >= 4 is 21.9 Å². The first-order chi connectivity index (χ1) is 12.5. The molecular weight excluding hydrogens is 368 g/mol. The Morgan fingerprint density at radius 2 is 1.56 bits per heavy atom. The number of nitrogens with zero attached hydrogens (tertiary/aromatic N) is 1. The molecule has 0 spiro atoms. The van der Waals surface area contributed by atoms with Gasteiger partial charge in [0, 0.05) is 26.1 Å². The smallest absolute Gasteiger partial charge is 0.308 e. The topological polar surface area (TPSA) is 104 Å². The van der Waals surface area contributed by atoms with E-state index in [1.807, 2.05) is 20.8 Å². The van der Waals surface area contributed by atoms with Crippen LogP contribution < -0.4 is 4.72 Å². The zero-order valence-electron chi connectivity index (χ0n) is 16.5. The maximum atomic E-state index is 12.8. The van der Waals surface area contributed by atoms with Crippen LogP contribution in [0.4, 0.5) is 0 Å². The first-order valence-corrected chi connectivity index (χ1v) is 10.5. The molecule has 27 heavy (non-hydrogen) atoms. The average molecular weight is 397 g/mol. The lowest BCUT2D eigenvalue weighted by atomic mass is 9.95. The molecule has 0 saturated carbocycles. The Labute approximate surface area is 160 Å². The summed E-state index contributed by atoms with van der Waals surface area (Å²) >= 11 is 0. The van der Waals surface area contributed by atoms with Gasteiger partial charge >= 0.3 is 5.97 Å². The van der Waals surface area contributed by atoms with Crippen LogP contribution in [0.1, 0.15) is 40.7 Å². The second-order valence-electron chi connectivity index (χ2n) is 7.27. The van der Waals surface area contributed by atoms with E-state index in [0.29, 0.717) is 13.0 Å². The number of hydrogen-bond acceptors (Lipinski definition) is 4. The van der Waals surface area contributed by atoms with Crippen molar-refractivity contribution in [2.24, 2.45) is 5.92 Å². The molecule has 2 rings (SSSR count). The highest BCUT2D eigenvalue weighted by molar-refractivity contribution is 7.89. The highest BCUT2D eigenvalue weighted by Crippen LogP contribution is 2.29. The van der Waals surface area contributed by atoms with Gasteiger partial charge in [-0.3, -0.25) is 9.59 Å². The number of carbonyl (C=O) groups excluding carboxylic acids is 1. The first kappa shape index (κ1) is 21.4. The molecule has 2 N–H and O–H groups in total. The van der Waals surface area contributed by atoms with Crippen LogP contribution in [-0.4, -0.2) is 49.9 Å². The van der Waals surface area contributed by atoms with E-state index < -0.39 is 21.9 Å².